The van der Waals surface area contributed by atoms with Crippen LogP contribution < -0.4 is 10.0 Å². The number of sulfonamides is 1. The zero-order valence-corrected chi connectivity index (χ0v) is 11.7. The van der Waals surface area contributed by atoms with Gasteiger partial charge in [0.25, 0.3) is 0 Å². The predicted octanol–water partition coefficient (Wildman–Crippen LogP) is 0.219. The van der Waals surface area contributed by atoms with Gasteiger partial charge in [-0.2, -0.15) is 0 Å². The predicted molar refractivity (Wildman–Crippen MR) is 71.5 cm³/mol. The standard InChI is InChI=1S/C11H17N3O4S/c1-3-14-19(16,17)8-7-13-10-9(11(15)18-2)5-4-6-12-10/h4-6,14H,3,7-8H2,1-2H3,(H,12,13). The second-order valence-corrected chi connectivity index (χ2v) is 5.56. The maximum absolute atomic E-state index is 11.5. The Bertz CT molecular complexity index is 530. The van der Waals surface area contributed by atoms with Crippen molar-refractivity contribution in [1.29, 1.82) is 0 Å². The molecule has 0 radical (unpaired) electrons. The second-order valence-electron chi connectivity index (χ2n) is 3.63. The molecule has 0 saturated heterocycles. The summed E-state index contributed by atoms with van der Waals surface area (Å²) in [7, 11) is -2.02. The van der Waals surface area contributed by atoms with E-state index >= 15 is 0 Å². The topological polar surface area (TPSA) is 97.4 Å². The van der Waals surface area contributed by atoms with E-state index in [0.717, 1.165) is 0 Å². The summed E-state index contributed by atoms with van der Waals surface area (Å²) in [6.07, 6.45) is 1.51. The molecule has 0 atom stereocenters. The van der Waals surface area contributed by atoms with Crippen LogP contribution >= 0.6 is 0 Å². The first-order valence-corrected chi connectivity index (χ1v) is 7.40. The van der Waals surface area contributed by atoms with Crippen molar-refractivity contribution in [1.82, 2.24) is 9.71 Å². The van der Waals surface area contributed by atoms with Crippen molar-refractivity contribution in [3.8, 4) is 0 Å². The van der Waals surface area contributed by atoms with Gasteiger partial charge in [-0.25, -0.2) is 22.9 Å². The number of nitrogens with one attached hydrogen (secondary N) is 2. The summed E-state index contributed by atoms with van der Waals surface area (Å²) in [4.78, 5) is 15.5. The first kappa shape index (κ1) is 15.4. The molecule has 0 unspecified atom stereocenters. The molecule has 0 aliphatic carbocycles. The van der Waals surface area contributed by atoms with Crippen LogP contribution in [-0.4, -0.2) is 45.3 Å². The van der Waals surface area contributed by atoms with E-state index in [1.54, 1.807) is 19.1 Å². The highest BCUT2D eigenvalue weighted by atomic mass is 32.2. The first-order valence-electron chi connectivity index (χ1n) is 5.74. The number of carbonyl (C=O) groups excluding carboxylic acids is 1. The van der Waals surface area contributed by atoms with E-state index in [0.29, 0.717) is 12.4 Å². The molecule has 0 spiro atoms. The Morgan fingerprint density at radius 1 is 1.47 bits per heavy atom. The maximum Gasteiger partial charge on any atom is 0.341 e. The van der Waals surface area contributed by atoms with Gasteiger partial charge in [0.1, 0.15) is 11.4 Å². The number of hydrogen-bond acceptors (Lipinski definition) is 6. The molecular weight excluding hydrogens is 270 g/mol. The van der Waals surface area contributed by atoms with Crippen LogP contribution in [0.5, 0.6) is 0 Å². The summed E-state index contributed by atoms with van der Waals surface area (Å²) in [6, 6.07) is 3.16. The lowest BCUT2D eigenvalue weighted by molar-refractivity contribution is 0.0601. The van der Waals surface area contributed by atoms with Gasteiger partial charge in [-0.3, -0.25) is 0 Å². The number of methoxy groups -OCH3 is 1. The molecule has 1 aromatic heterocycles. The van der Waals surface area contributed by atoms with Gasteiger partial charge in [0.05, 0.1) is 12.9 Å². The summed E-state index contributed by atoms with van der Waals surface area (Å²) < 4.78 is 29.9. The molecule has 0 aliphatic rings. The molecule has 8 heteroatoms. The average molecular weight is 287 g/mol. The third-order valence-electron chi connectivity index (χ3n) is 2.24. The monoisotopic (exact) mass is 287 g/mol. The summed E-state index contributed by atoms with van der Waals surface area (Å²) in [5.41, 5.74) is 0.269. The quantitative estimate of drug-likeness (QED) is 0.696. The summed E-state index contributed by atoms with van der Waals surface area (Å²) in [5.74, 6) is -0.316. The van der Waals surface area contributed by atoms with Crippen LogP contribution in [-0.2, 0) is 14.8 Å². The smallest absolute Gasteiger partial charge is 0.341 e. The van der Waals surface area contributed by atoms with Gasteiger partial charge in [0.2, 0.25) is 10.0 Å². The lowest BCUT2D eigenvalue weighted by Crippen LogP contribution is -2.29. The molecule has 0 aliphatic heterocycles. The molecule has 106 valence electrons. The van der Waals surface area contributed by atoms with Crippen LogP contribution in [0.15, 0.2) is 18.3 Å². The number of esters is 1. The highest BCUT2D eigenvalue weighted by Gasteiger charge is 2.13. The molecule has 0 fully saturated rings. The molecule has 1 aromatic rings. The number of rotatable bonds is 7. The van der Waals surface area contributed by atoms with Gasteiger partial charge in [0.15, 0.2) is 0 Å². The summed E-state index contributed by atoms with van der Waals surface area (Å²) in [6.45, 7) is 2.20. The zero-order valence-electron chi connectivity index (χ0n) is 10.8. The second kappa shape index (κ2) is 7.05. The number of nitrogens with zero attached hydrogens (tertiary/aromatic N) is 1. The Labute approximate surface area is 112 Å². The number of hydrogen-bond donors (Lipinski definition) is 2. The molecule has 19 heavy (non-hydrogen) atoms. The van der Waals surface area contributed by atoms with Crippen LogP contribution in [0.2, 0.25) is 0 Å². The van der Waals surface area contributed by atoms with Crippen LogP contribution in [0, 0.1) is 0 Å². The van der Waals surface area contributed by atoms with E-state index in [1.807, 2.05) is 0 Å². The Morgan fingerprint density at radius 2 is 2.21 bits per heavy atom. The van der Waals surface area contributed by atoms with Gasteiger partial charge in [0, 0.05) is 19.3 Å². The normalized spacial score (nSPS) is 11.1. The molecule has 0 amide bonds. The highest BCUT2D eigenvalue weighted by molar-refractivity contribution is 7.89. The van der Waals surface area contributed by atoms with Gasteiger partial charge < -0.3 is 10.1 Å². The number of aromatic nitrogens is 1. The Kier molecular flexibility index (Phi) is 5.71. The van der Waals surface area contributed by atoms with Crippen LogP contribution in [0.25, 0.3) is 0 Å². The van der Waals surface area contributed by atoms with Crippen LogP contribution in [0.3, 0.4) is 0 Å². The molecule has 2 N–H and O–H groups in total. The van der Waals surface area contributed by atoms with E-state index < -0.39 is 16.0 Å². The van der Waals surface area contributed by atoms with Crippen molar-refractivity contribution < 1.29 is 17.9 Å². The molecule has 0 saturated carbocycles. The van der Waals surface area contributed by atoms with Crippen LogP contribution in [0.1, 0.15) is 17.3 Å². The number of carbonyl (C=O) groups is 1. The molecule has 1 rings (SSSR count). The minimum Gasteiger partial charge on any atom is -0.465 e. The number of ether oxygens (including phenoxy) is 1. The SMILES string of the molecule is CCNS(=O)(=O)CCNc1ncccc1C(=O)OC. The van der Waals surface area contributed by atoms with Crippen molar-refractivity contribution in [2.24, 2.45) is 0 Å². The van der Waals surface area contributed by atoms with Crippen molar-refractivity contribution in [3.05, 3.63) is 23.9 Å². The summed E-state index contributed by atoms with van der Waals surface area (Å²) >= 11 is 0. The molecular formula is C11H17N3O4S. The van der Waals surface area contributed by atoms with Gasteiger partial charge in [-0.05, 0) is 12.1 Å². The Hall–Kier alpha value is -1.67. The van der Waals surface area contributed by atoms with E-state index in [1.165, 1.54) is 13.3 Å². The summed E-state index contributed by atoms with van der Waals surface area (Å²) in [5, 5.41) is 2.81. The fourth-order valence-corrected chi connectivity index (χ4v) is 2.37. The average Bonchev–Trinajstić information content (AvgIpc) is 2.38. The molecule has 7 nitrogen and oxygen atoms in total. The van der Waals surface area contributed by atoms with Crippen molar-refractivity contribution in [3.63, 3.8) is 0 Å². The van der Waals surface area contributed by atoms with Crippen molar-refractivity contribution in [2.45, 2.75) is 6.92 Å². The Balaban J connectivity index is 2.66. The minimum absolute atomic E-state index is 0.0992. The lowest BCUT2D eigenvalue weighted by Gasteiger charge is -2.09. The Morgan fingerprint density at radius 3 is 2.84 bits per heavy atom. The minimum atomic E-state index is -3.30. The van der Waals surface area contributed by atoms with Crippen LogP contribution in [0.4, 0.5) is 5.82 Å². The largest absolute Gasteiger partial charge is 0.465 e. The van der Waals surface area contributed by atoms with Gasteiger partial charge >= 0.3 is 5.97 Å². The zero-order chi connectivity index (χ0) is 14.3. The van der Waals surface area contributed by atoms with E-state index in [2.05, 4.69) is 19.8 Å². The van der Waals surface area contributed by atoms with Crippen molar-refractivity contribution >= 4 is 21.8 Å². The lowest BCUT2D eigenvalue weighted by atomic mass is 10.2. The fourth-order valence-electron chi connectivity index (χ4n) is 1.42. The number of anilines is 1. The maximum atomic E-state index is 11.5. The molecule has 1 heterocycles. The van der Waals surface area contributed by atoms with E-state index in [9.17, 15) is 13.2 Å². The fraction of sp³-hybridized carbons (Fsp3) is 0.455. The van der Waals surface area contributed by atoms with Crippen molar-refractivity contribution in [2.75, 3.05) is 31.3 Å². The molecule has 0 aromatic carbocycles. The highest BCUT2D eigenvalue weighted by Crippen LogP contribution is 2.12. The third kappa shape index (κ3) is 4.84. The van der Waals surface area contributed by atoms with Gasteiger partial charge in [-0.1, -0.05) is 6.92 Å². The first-order chi connectivity index (χ1) is 9.00. The van der Waals surface area contributed by atoms with E-state index in [4.69, 9.17) is 0 Å². The molecule has 0 bridgehead atoms. The third-order valence-corrected chi connectivity index (χ3v) is 3.71. The number of pyridine rings is 1. The van der Waals surface area contributed by atoms with Gasteiger partial charge in [-0.15, -0.1) is 0 Å². The van der Waals surface area contributed by atoms with E-state index in [-0.39, 0.29) is 17.9 Å².